The Hall–Kier alpha value is -0.910. The average molecular weight is 327 g/mol. The molecule has 0 spiro atoms. The van der Waals surface area contributed by atoms with Crippen molar-refractivity contribution in [2.45, 2.75) is 26.4 Å². The molecule has 2 N–H and O–H groups in total. The number of halogens is 1. The zero-order valence-corrected chi connectivity index (χ0v) is 12.7. The van der Waals surface area contributed by atoms with E-state index in [2.05, 4.69) is 33.2 Å². The number of aromatic nitrogens is 1. The van der Waals surface area contributed by atoms with Gasteiger partial charge in [-0.3, -0.25) is 0 Å². The molecule has 0 radical (unpaired) electrons. The van der Waals surface area contributed by atoms with Crippen LogP contribution in [0.4, 0.5) is 0 Å². The Labute approximate surface area is 119 Å². The van der Waals surface area contributed by atoms with Crippen molar-refractivity contribution < 1.29 is 5.11 Å². The third-order valence-electron chi connectivity index (χ3n) is 2.65. The number of benzene rings is 1. The molecule has 0 aliphatic rings. The van der Waals surface area contributed by atoms with Crippen LogP contribution in [-0.2, 0) is 6.54 Å². The van der Waals surface area contributed by atoms with Gasteiger partial charge in [0.25, 0.3) is 0 Å². The van der Waals surface area contributed by atoms with E-state index in [1.807, 2.05) is 24.4 Å². The van der Waals surface area contributed by atoms with Crippen molar-refractivity contribution in [1.82, 2.24) is 10.3 Å². The van der Waals surface area contributed by atoms with Gasteiger partial charge in [-0.1, -0.05) is 15.9 Å². The number of phenols is 1. The molecule has 0 bridgehead atoms. The van der Waals surface area contributed by atoms with Gasteiger partial charge < -0.3 is 10.4 Å². The van der Waals surface area contributed by atoms with E-state index in [1.165, 1.54) is 0 Å². The Morgan fingerprint density at radius 3 is 2.94 bits per heavy atom. The largest absolute Gasteiger partial charge is 0.508 e. The number of hydrogen-bond donors (Lipinski definition) is 2. The van der Waals surface area contributed by atoms with Crippen molar-refractivity contribution in [3.05, 3.63) is 44.3 Å². The molecule has 1 aromatic carbocycles. The van der Waals surface area contributed by atoms with E-state index in [-0.39, 0.29) is 6.04 Å². The van der Waals surface area contributed by atoms with Gasteiger partial charge in [-0.25, -0.2) is 4.98 Å². The molecule has 18 heavy (non-hydrogen) atoms. The Balaban J connectivity index is 2.01. The quantitative estimate of drug-likeness (QED) is 0.898. The molecule has 0 saturated carbocycles. The molecule has 0 aliphatic heterocycles. The summed E-state index contributed by atoms with van der Waals surface area (Å²) in [7, 11) is 0. The van der Waals surface area contributed by atoms with Gasteiger partial charge in [-0.2, -0.15) is 0 Å². The molecule has 1 unspecified atom stereocenters. The normalized spacial score (nSPS) is 12.6. The molecular weight excluding hydrogens is 312 g/mol. The van der Waals surface area contributed by atoms with Crippen molar-refractivity contribution in [2.75, 3.05) is 0 Å². The predicted molar refractivity (Wildman–Crippen MR) is 77.9 cm³/mol. The smallest absolute Gasteiger partial charge is 0.120 e. The number of aryl methyl sites for hydroxylation is 1. The minimum absolute atomic E-state index is 0.182. The maximum Gasteiger partial charge on any atom is 0.120 e. The third-order valence-corrected chi connectivity index (χ3v) is 4.29. The molecule has 1 heterocycles. The number of rotatable bonds is 4. The van der Waals surface area contributed by atoms with Gasteiger partial charge in [-0.15, -0.1) is 11.3 Å². The monoisotopic (exact) mass is 326 g/mol. The Kier molecular flexibility index (Phi) is 4.37. The molecule has 2 aromatic rings. The average Bonchev–Trinajstić information content (AvgIpc) is 2.77. The van der Waals surface area contributed by atoms with Crippen LogP contribution < -0.4 is 5.32 Å². The lowest BCUT2D eigenvalue weighted by atomic mass is 10.2. The van der Waals surface area contributed by atoms with E-state index in [4.69, 9.17) is 0 Å². The third kappa shape index (κ3) is 3.31. The van der Waals surface area contributed by atoms with Crippen LogP contribution in [0.25, 0.3) is 0 Å². The SMILES string of the molecule is Cc1csc(C(C)NCc2cc(Br)ccc2O)n1. The maximum absolute atomic E-state index is 9.75. The fourth-order valence-corrected chi connectivity index (χ4v) is 2.85. The van der Waals surface area contributed by atoms with E-state index in [1.54, 1.807) is 17.4 Å². The van der Waals surface area contributed by atoms with Gasteiger partial charge in [0, 0.05) is 27.7 Å². The molecule has 0 amide bonds. The van der Waals surface area contributed by atoms with Crippen LogP contribution in [0.5, 0.6) is 5.75 Å². The molecule has 5 heteroatoms. The highest BCUT2D eigenvalue weighted by molar-refractivity contribution is 9.10. The van der Waals surface area contributed by atoms with Gasteiger partial charge in [0.15, 0.2) is 0 Å². The van der Waals surface area contributed by atoms with Gasteiger partial charge >= 0.3 is 0 Å². The summed E-state index contributed by atoms with van der Waals surface area (Å²) in [5, 5.41) is 16.2. The zero-order chi connectivity index (χ0) is 13.1. The lowest BCUT2D eigenvalue weighted by Crippen LogP contribution is -2.18. The first-order chi connectivity index (χ1) is 8.56. The molecule has 0 fully saturated rings. The van der Waals surface area contributed by atoms with E-state index >= 15 is 0 Å². The Morgan fingerprint density at radius 2 is 2.28 bits per heavy atom. The van der Waals surface area contributed by atoms with E-state index < -0.39 is 0 Å². The van der Waals surface area contributed by atoms with Gasteiger partial charge in [0.05, 0.1) is 6.04 Å². The first kappa shape index (κ1) is 13.5. The number of nitrogens with zero attached hydrogens (tertiary/aromatic N) is 1. The molecule has 1 atom stereocenters. The summed E-state index contributed by atoms with van der Waals surface area (Å²) in [4.78, 5) is 4.45. The van der Waals surface area contributed by atoms with Crippen LogP contribution in [0.1, 0.15) is 29.2 Å². The first-order valence-corrected chi connectivity index (χ1v) is 7.36. The standard InChI is InChI=1S/C13H15BrN2OS/c1-8-7-18-13(16-8)9(2)15-6-10-5-11(14)3-4-12(10)17/h3-5,7,9,15,17H,6H2,1-2H3. The second kappa shape index (κ2) is 5.82. The second-order valence-corrected chi connectivity index (χ2v) is 6.01. The summed E-state index contributed by atoms with van der Waals surface area (Å²) in [6.45, 7) is 4.69. The number of aromatic hydroxyl groups is 1. The topological polar surface area (TPSA) is 45.1 Å². The van der Waals surface area contributed by atoms with Crippen molar-refractivity contribution >= 4 is 27.3 Å². The van der Waals surface area contributed by atoms with Gasteiger partial charge in [0.1, 0.15) is 10.8 Å². The Bertz CT molecular complexity index is 542. The van der Waals surface area contributed by atoms with Crippen LogP contribution in [0.2, 0.25) is 0 Å². The van der Waals surface area contributed by atoms with Crippen LogP contribution in [0, 0.1) is 6.92 Å². The summed E-state index contributed by atoms with van der Waals surface area (Å²) in [5.41, 5.74) is 1.93. The van der Waals surface area contributed by atoms with Crippen molar-refractivity contribution in [1.29, 1.82) is 0 Å². The fraction of sp³-hybridized carbons (Fsp3) is 0.308. The van der Waals surface area contributed by atoms with Crippen LogP contribution in [0.3, 0.4) is 0 Å². The highest BCUT2D eigenvalue weighted by atomic mass is 79.9. The zero-order valence-electron chi connectivity index (χ0n) is 10.3. The van der Waals surface area contributed by atoms with Crippen LogP contribution >= 0.6 is 27.3 Å². The summed E-state index contributed by atoms with van der Waals surface area (Å²) in [5.74, 6) is 0.313. The predicted octanol–water partition coefficient (Wildman–Crippen LogP) is 3.77. The molecule has 0 aliphatic carbocycles. The number of phenolic OH excluding ortho intramolecular Hbond substituents is 1. The lowest BCUT2D eigenvalue weighted by molar-refractivity contribution is 0.460. The van der Waals surface area contributed by atoms with E-state index in [9.17, 15) is 5.11 Å². The highest BCUT2D eigenvalue weighted by Gasteiger charge is 2.10. The van der Waals surface area contributed by atoms with E-state index in [0.29, 0.717) is 12.3 Å². The summed E-state index contributed by atoms with van der Waals surface area (Å²) in [6.07, 6.45) is 0. The second-order valence-electron chi connectivity index (χ2n) is 4.20. The van der Waals surface area contributed by atoms with Crippen LogP contribution in [0.15, 0.2) is 28.1 Å². The summed E-state index contributed by atoms with van der Waals surface area (Å²) >= 11 is 5.06. The first-order valence-electron chi connectivity index (χ1n) is 5.69. The van der Waals surface area contributed by atoms with E-state index in [0.717, 1.165) is 20.7 Å². The van der Waals surface area contributed by atoms with Crippen molar-refractivity contribution in [2.24, 2.45) is 0 Å². The molecule has 1 aromatic heterocycles. The summed E-state index contributed by atoms with van der Waals surface area (Å²) in [6, 6.07) is 5.62. The van der Waals surface area contributed by atoms with Gasteiger partial charge in [0.2, 0.25) is 0 Å². The summed E-state index contributed by atoms with van der Waals surface area (Å²) < 4.78 is 0.967. The fourth-order valence-electron chi connectivity index (χ4n) is 1.62. The number of hydrogen-bond acceptors (Lipinski definition) is 4. The molecular formula is C13H15BrN2OS. The highest BCUT2D eigenvalue weighted by Crippen LogP contribution is 2.23. The lowest BCUT2D eigenvalue weighted by Gasteiger charge is -2.12. The maximum atomic E-state index is 9.75. The van der Waals surface area contributed by atoms with Crippen molar-refractivity contribution in [3.63, 3.8) is 0 Å². The minimum Gasteiger partial charge on any atom is -0.508 e. The van der Waals surface area contributed by atoms with Crippen LogP contribution in [-0.4, -0.2) is 10.1 Å². The molecule has 96 valence electrons. The molecule has 2 rings (SSSR count). The van der Waals surface area contributed by atoms with Crippen molar-refractivity contribution in [3.8, 4) is 5.75 Å². The molecule has 0 saturated heterocycles. The number of thiazole rings is 1. The molecule has 3 nitrogen and oxygen atoms in total. The Morgan fingerprint density at radius 1 is 1.50 bits per heavy atom. The number of nitrogens with one attached hydrogen (secondary N) is 1. The van der Waals surface area contributed by atoms with Gasteiger partial charge in [-0.05, 0) is 32.0 Å². The minimum atomic E-state index is 0.182.